The number of rotatable bonds is 7. The highest BCUT2D eigenvalue weighted by molar-refractivity contribution is 5.94. The third-order valence-electron chi connectivity index (χ3n) is 6.55. The van der Waals surface area contributed by atoms with Crippen LogP contribution in [0.4, 0.5) is 13.2 Å². The largest absolute Gasteiger partial charge is 0.573 e. The number of nitrogens with one attached hydrogen (secondary N) is 1. The van der Waals surface area contributed by atoms with E-state index in [-0.39, 0.29) is 24.2 Å². The third kappa shape index (κ3) is 5.72. The van der Waals surface area contributed by atoms with Crippen molar-refractivity contribution in [3.05, 3.63) is 46.8 Å². The second-order valence-corrected chi connectivity index (χ2v) is 9.07. The van der Waals surface area contributed by atoms with Gasteiger partial charge in [0.2, 0.25) is 0 Å². The van der Waals surface area contributed by atoms with Crippen LogP contribution in [0.2, 0.25) is 0 Å². The number of para-hydroxylation sites is 1. The van der Waals surface area contributed by atoms with E-state index < -0.39 is 6.36 Å². The first-order valence-electron chi connectivity index (χ1n) is 11.9. The smallest absolute Gasteiger partial charge is 0.405 e. The fourth-order valence-corrected chi connectivity index (χ4v) is 4.72. The molecule has 1 N–H and O–H groups in total. The van der Waals surface area contributed by atoms with Gasteiger partial charge in [0.05, 0.1) is 0 Å². The van der Waals surface area contributed by atoms with Crippen LogP contribution in [0.5, 0.6) is 5.75 Å². The molecule has 1 aromatic heterocycles. The molecule has 1 fully saturated rings. The van der Waals surface area contributed by atoms with Gasteiger partial charge in [0.1, 0.15) is 5.75 Å². The lowest BCUT2D eigenvalue weighted by Gasteiger charge is -2.32. The molecule has 4 rings (SSSR count). The van der Waals surface area contributed by atoms with Gasteiger partial charge in [0, 0.05) is 62.1 Å². The number of amides is 1. The van der Waals surface area contributed by atoms with Crippen molar-refractivity contribution in [1.29, 1.82) is 0 Å². The molecule has 2 heterocycles. The van der Waals surface area contributed by atoms with Gasteiger partial charge < -0.3 is 19.9 Å². The lowest BCUT2D eigenvalue weighted by molar-refractivity contribution is -0.274. The molecule has 1 saturated heterocycles. The maximum atomic E-state index is 13.3. The molecule has 1 amide bonds. The minimum Gasteiger partial charge on any atom is -0.405 e. The zero-order valence-corrected chi connectivity index (χ0v) is 19.7. The van der Waals surface area contributed by atoms with Crippen LogP contribution in [-0.2, 0) is 25.9 Å². The Balaban J connectivity index is 1.49. The van der Waals surface area contributed by atoms with E-state index in [0.29, 0.717) is 30.8 Å². The van der Waals surface area contributed by atoms with E-state index in [2.05, 4.69) is 21.9 Å². The molecule has 1 aromatic carbocycles. The number of benzene rings is 1. The summed E-state index contributed by atoms with van der Waals surface area (Å²) in [5.41, 5.74) is 3.06. The summed E-state index contributed by atoms with van der Waals surface area (Å²) in [6.45, 7) is 6.14. The topological polar surface area (TPSA) is 62.6 Å². The molecule has 186 valence electrons. The lowest BCUT2D eigenvalue weighted by atomic mass is 9.90. The Morgan fingerprint density at radius 3 is 2.65 bits per heavy atom. The SMILES string of the molecule is CCCn1nc(C(=O)N2CCN(C)CC2)c2c1CCC(NCc1ccccc1OC(F)(F)F)C2. The summed E-state index contributed by atoms with van der Waals surface area (Å²) >= 11 is 0. The zero-order chi connectivity index (χ0) is 24.3. The number of halogens is 3. The molecule has 0 radical (unpaired) electrons. The van der Waals surface area contributed by atoms with Crippen molar-refractivity contribution in [2.75, 3.05) is 33.2 Å². The van der Waals surface area contributed by atoms with Gasteiger partial charge in [-0.1, -0.05) is 25.1 Å². The van der Waals surface area contributed by atoms with Gasteiger partial charge in [0.15, 0.2) is 5.69 Å². The molecule has 7 nitrogen and oxygen atoms in total. The predicted octanol–water partition coefficient (Wildman–Crippen LogP) is 3.23. The van der Waals surface area contributed by atoms with Gasteiger partial charge >= 0.3 is 6.36 Å². The summed E-state index contributed by atoms with van der Waals surface area (Å²) in [4.78, 5) is 17.4. The average molecular weight is 480 g/mol. The average Bonchev–Trinajstić information content (AvgIpc) is 3.15. The maximum absolute atomic E-state index is 13.3. The van der Waals surface area contributed by atoms with Crippen LogP contribution in [0.1, 0.15) is 47.1 Å². The van der Waals surface area contributed by atoms with Gasteiger partial charge in [-0.05, 0) is 38.8 Å². The van der Waals surface area contributed by atoms with E-state index >= 15 is 0 Å². The molecule has 1 atom stereocenters. The Hall–Kier alpha value is -2.59. The Bertz CT molecular complexity index is 999. The van der Waals surface area contributed by atoms with Crippen LogP contribution in [0, 0.1) is 0 Å². The number of alkyl halides is 3. The van der Waals surface area contributed by atoms with Crippen molar-refractivity contribution in [3.63, 3.8) is 0 Å². The Morgan fingerprint density at radius 1 is 1.21 bits per heavy atom. The summed E-state index contributed by atoms with van der Waals surface area (Å²) < 4.78 is 44.4. The van der Waals surface area contributed by atoms with E-state index in [0.717, 1.165) is 50.2 Å². The standard InChI is InChI=1S/C24H32F3N5O2/c1-3-10-32-20-9-8-18(28-16-17-6-4-5-7-21(17)34-24(25,26)27)15-19(20)22(29-32)23(33)31-13-11-30(2)12-14-31/h4-7,18,28H,3,8-16H2,1-2H3. The van der Waals surface area contributed by atoms with Crippen LogP contribution in [0.3, 0.4) is 0 Å². The van der Waals surface area contributed by atoms with E-state index in [9.17, 15) is 18.0 Å². The van der Waals surface area contributed by atoms with Crippen LogP contribution >= 0.6 is 0 Å². The molecule has 1 aliphatic heterocycles. The van der Waals surface area contributed by atoms with Crippen molar-refractivity contribution in [2.45, 2.75) is 58.1 Å². The van der Waals surface area contributed by atoms with Crippen LogP contribution in [-0.4, -0.2) is 71.1 Å². The second-order valence-electron chi connectivity index (χ2n) is 9.07. The molecule has 34 heavy (non-hydrogen) atoms. The molecule has 1 aliphatic carbocycles. The zero-order valence-electron chi connectivity index (χ0n) is 19.7. The Labute approximate surface area is 197 Å². The first-order chi connectivity index (χ1) is 16.2. The lowest BCUT2D eigenvalue weighted by Crippen LogP contribution is -2.47. The minimum atomic E-state index is -4.73. The van der Waals surface area contributed by atoms with Crippen molar-refractivity contribution in [2.24, 2.45) is 0 Å². The highest BCUT2D eigenvalue weighted by atomic mass is 19.4. The van der Waals surface area contributed by atoms with Crippen molar-refractivity contribution in [3.8, 4) is 5.75 Å². The molecule has 0 spiro atoms. The number of ether oxygens (including phenoxy) is 1. The summed E-state index contributed by atoms with van der Waals surface area (Å²) in [5, 5.41) is 8.10. The molecular formula is C24H32F3N5O2. The number of nitrogens with zero attached hydrogens (tertiary/aromatic N) is 4. The van der Waals surface area contributed by atoms with Gasteiger partial charge in [-0.15, -0.1) is 13.2 Å². The molecule has 0 saturated carbocycles. The number of hydrogen-bond acceptors (Lipinski definition) is 5. The highest BCUT2D eigenvalue weighted by Crippen LogP contribution is 2.29. The molecule has 10 heteroatoms. The molecule has 0 bridgehead atoms. The number of likely N-dealkylation sites (N-methyl/N-ethyl adjacent to an activating group) is 1. The van der Waals surface area contributed by atoms with Crippen molar-refractivity contribution < 1.29 is 22.7 Å². The number of aryl methyl sites for hydroxylation is 1. The second kappa shape index (κ2) is 10.4. The van der Waals surface area contributed by atoms with Gasteiger partial charge in [-0.2, -0.15) is 5.10 Å². The van der Waals surface area contributed by atoms with E-state index in [1.165, 1.54) is 12.1 Å². The number of aromatic nitrogens is 2. The van der Waals surface area contributed by atoms with Crippen molar-refractivity contribution in [1.82, 2.24) is 24.9 Å². The monoisotopic (exact) mass is 479 g/mol. The molecule has 2 aromatic rings. The minimum absolute atomic E-state index is 0.0243. The van der Waals surface area contributed by atoms with Crippen LogP contribution in [0.15, 0.2) is 24.3 Å². The van der Waals surface area contributed by atoms with Crippen LogP contribution < -0.4 is 10.1 Å². The van der Waals surface area contributed by atoms with E-state index in [1.807, 2.05) is 16.6 Å². The van der Waals surface area contributed by atoms with Crippen molar-refractivity contribution >= 4 is 5.91 Å². The quantitative estimate of drug-likeness (QED) is 0.661. The fourth-order valence-electron chi connectivity index (χ4n) is 4.72. The summed E-state index contributed by atoms with van der Waals surface area (Å²) in [7, 11) is 2.05. The fraction of sp³-hybridized carbons (Fsp3) is 0.583. The number of fused-ring (bicyclic) bond motifs is 1. The predicted molar refractivity (Wildman–Crippen MR) is 122 cm³/mol. The Kier molecular flexibility index (Phi) is 7.47. The third-order valence-corrected chi connectivity index (χ3v) is 6.55. The van der Waals surface area contributed by atoms with E-state index in [4.69, 9.17) is 5.10 Å². The first kappa shape index (κ1) is 24.5. The van der Waals surface area contributed by atoms with Gasteiger partial charge in [-0.3, -0.25) is 9.48 Å². The Morgan fingerprint density at radius 2 is 1.94 bits per heavy atom. The number of carbonyl (C=O) groups is 1. The number of piperazine rings is 1. The maximum Gasteiger partial charge on any atom is 0.573 e. The normalized spacial score (nSPS) is 19.2. The van der Waals surface area contributed by atoms with Crippen LogP contribution in [0.25, 0.3) is 0 Å². The molecule has 2 aliphatic rings. The number of carbonyl (C=O) groups excluding carboxylic acids is 1. The van der Waals surface area contributed by atoms with Gasteiger partial charge in [0.25, 0.3) is 5.91 Å². The summed E-state index contributed by atoms with van der Waals surface area (Å²) in [5.74, 6) is -0.218. The first-order valence-corrected chi connectivity index (χ1v) is 11.9. The van der Waals surface area contributed by atoms with E-state index in [1.54, 1.807) is 12.1 Å². The molecule has 1 unspecified atom stereocenters. The van der Waals surface area contributed by atoms with Gasteiger partial charge in [-0.25, -0.2) is 0 Å². The molecular weight excluding hydrogens is 447 g/mol. The summed E-state index contributed by atoms with van der Waals surface area (Å²) in [6, 6.07) is 6.20. The number of hydrogen-bond donors (Lipinski definition) is 1. The highest BCUT2D eigenvalue weighted by Gasteiger charge is 2.33. The summed E-state index contributed by atoms with van der Waals surface area (Å²) in [6.07, 6.45) is -1.59.